The summed E-state index contributed by atoms with van der Waals surface area (Å²) in [5.41, 5.74) is 1.04. The van der Waals surface area contributed by atoms with Crippen LogP contribution in [0.15, 0.2) is 41.3 Å². The molecule has 1 aromatic heterocycles. The van der Waals surface area contributed by atoms with Gasteiger partial charge in [0.1, 0.15) is 5.02 Å². The lowest BCUT2D eigenvalue weighted by Crippen LogP contribution is -2.49. The molecular formula is C16H18ClN5O2. The maximum Gasteiger partial charge on any atom is 0.285 e. The van der Waals surface area contributed by atoms with Crippen LogP contribution in [0, 0.1) is 0 Å². The van der Waals surface area contributed by atoms with Crippen molar-refractivity contribution in [1.29, 1.82) is 0 Å². The third kappa shape index (κ3) is 3.93. The first-order chi connectivity index (χ1) is 11.6. The molecule has 0 radical (unpaired) electrons. The summed E-state index contributed by atoms with van der Waals surface area (Å²) in [6, 6.07) is 9.39. The number of amides is 1. The Morgan fingerprint density at radius 3 is 2.62 bits per heavy atom. The summed E-state index contributed by atoms with van der Waals surface area (Å²) in [6.45, 7) is 3.13. The van der Waals surface area contributed by atoms with Crippen LogP contribution in [0.1, 0.15) is 0 Å². The molecule has 3 rings (SSSR count). The highest BCUT2D eigenvalue weighted by molar-refractivity contribution is 6.33. The van der Waals surface area contributed by atoms with E-state index < -0.39 is 0 Å². The number of aromatic nitrogens is 2. The largest absolute Gasteiger partial charge is 0.366 e. The second kappa shape index (κ2) is 7.46. The predicted molar refractivity (Wildman–Crippen MR) is 93.6 cm³/mol. The SMILES string of the molecule is O=C(CN1CCN(c2cn[nH]c(=O)c2Cl)CC1)Nc1ccccc1. The number of carbonyl (C=O) groups is 1. The van der Waals surface area contributed by atoms with E-state index in [4.69, 9.17) is 11.6 Å². The Morgan fingerprint density at radius 1 is 1.21 bits per heavy atom. The Hall–Kier alpha value is -2.38. The maximum atomic E-state index is 12.1. The number of carbonyl (C=O) groups excluding carboxylic acids is 1. The number of nitrogens with zero attached hydrogens (tertiary/aromatic N) is 3. The van der Waals surface area contributed by atoms with Crippen LogP contribution in [0.5, 0.6) is 0 Å². The van der Waals surface area contributed by atoms with Crippen molar-refractivity contribution in [2.24, 2.45) is 0 Å². The Kier molecular flexibility index (Phi) is 5.12. The van der Waals surface area contributed by atoms with E-state index in [-0.39, 0.29) is 16.5 Å². The molecule has 2 N–H and O–H groups in total. The summed E-state index contributed by atoms with van der Waals surface area (Å²) in [5.74, 6) is -0.0366. The van der Waals surface area contributed by atoms with E-state index in [1.807, 2.05) is 35.2 Å². The van der Waals surface area contributed by atoms with Gasteiger partial charge < -0.3 is 10.2 Å². The Bertz CT molecular complexity index is 757. The van der Waals surface area contributed by atoms with Crippen LogP contribution in [0.4, 0.5) is 11.4 Å². The monoisotopic (exact) mass is 347 g/mol. The first-order valence-corrected chi connectivity index (χ1v) is 8.06. The van der Waals surface area contributed by atoms with Crippen molar-refractivity contribution >= 4 is 28.9 Å². The second-order valence-electron chi connectivity index (χ2n) is 5.58. The zero-order valence-electron chi connectivity index (χ0n) is 13.0. The van der Waals surface area contributed by atoms with Crippen molar-refractivity contribution in [2.75, 3.05) is 42.9 Å². The van der Waals surface area contributed by atoms with Crippen LogP contribution in [0.2, 0.25) is 5.02 Å². The van der Waals surface area contributed by atoms with Gasteiger partial charge in [0.25, 0.3) is 5.56 Å². The van der Waals surface area contributed by atoms with Gasteiger partial charge in [-0.2, -0.15) is 5.10 Å². The minimum atomic E-state index is -0.390. The van der Waals surface area contributed by atoms with Crippen molar-refractivity contribution in [2.45, 2.75) is 0 Å². The molecule has 1 aromatic carbocycles. The zero-order chi connectivity index (χ0) is 16.9. The van der Waals surface area contributed by atoms with Crippen molar-refractivity contribution in [3.63, 3.8) is 0 Å². The minimum Gasteiger partial charge on any atom is -0.366 e. The Morgan fingerprint density at radius 2 is 1.92 bits per heavy atom. The molecule has 1 saturated heterocycles. The first-order valence-electron chi connectivity index (χ1n) is 7.69. The third-order valence-corrected chi connectivity index (χ3v) is 4.28. The molecule has 24 heavy (non-hydrogen) atoms. The first kappa shape index (κ1) is 16.5. The molecule has 0 aliphatic carbocycles. The minimum absolute atomic E-state index is 0.0366. The summed E-state index contributed by atoms with van der Waals surface area (Å²) in [6.07, 6.45) is 1.56. The number of para-hydroxylation sites is 1. The highest BCUT2D eigenvalue weighted by Gasteiger charge is 2.21. The summed E-state index contributed by atoms with van der Waals surface area (Å²) >= 11 is 6.03. The highest BCUT2D eigenvalue weighted by Crippen LogP contribution is 2.21. The average Bonchev–Trinajstić information content (AvgIpc) is 2.59. The molecule has 7 nitrogen and oxygen atoms in total. The number of piperazine rings is 1. The lowest BCUT2D eigenvalue weighted by Gasteiger charge is -2.35. The standard InChI is InChI=1S/C16H18ClN5O2/c17-15-13(10-18-20-16(15)24)22-8-6-21(7-9-22)11-14(23)19-12-4-2-1-3-5-12/h1-5,10H,6-9,11H2,(H,19,23)(H,20,24). The Labute approximate surface area is 144 Å². The highest BCUT2D eigenvalue weighted by atomic mass is 35.5. The van der Waals surface area contributed by atoms with Gasteiger partial charge in [0.15, 0.2) is 0 Å². The van der Waals surface area contributed by atoms with E-state index in [2.05, 4.69) is 20.4 Å². The Balaban J connectivity index is 1.53. The van der Waals surface area contributed by atoms with Crippen LogP contribution in [-0.2, 0) is 4.79 Å². The van der Waals surface area contributed by atoms with E-state index in [0.717, 1.165) is 5.69 Å². The molecule has 0 saturated carbocycles. The van der Waals surface area contributed by atoms with Gasteiger partial charge in [0, 0.05) is 31.9 Å². The third-order valence-electron chi connectivity index (χ3n) is 3.91. The molecule has 1 aliphatic rings. The topological polar surface area (TPSA) is 81.3 Å². The van der Waals surface area contributed by atoms with Gasteiger partial charge >= 0.3 is 0 Å². The molecule has 1 fully saturated rings. The molecule has 0 unspecified atom stereocenters. The van der Waals surface area contributed by atoms with Crippen LogP contribution < -0.4 is 15.8 Å². The van der Waals surface area contributed by atoms with E-state index >= 15 is 0 Å². The van der Waals surface area contributed by atoms with Gasteiger partial charge in [0.2, 0.25) is 5.91 Å². The van der Waals surface area contributed by atoms with Gasteiger partial charge in [-0.15, -0.1) is 0 Å². The lowest BCUT2D eigenvalue weighted by atomic mass is 10.2. The molecule has 1 amide bonds. The fraction of sp³-hybridized carbons (Fsp3) is 0.312. The molecule has 8 heteroatoms. The van der Waals surface area contributed by atoms with Crippen molar-refractivity contribution in [3.8, 4) is 0 Å². The zero-order valence-corrected chi connectivity index (χ0v) is 13.8. The number of halogens is 1. The average molecular weight is 348 g/mol. The number of hydrogen-bond acceptors (Lipinski definition) is 5. The van der Waals surface area contributed by atoms with Crippen molar-refractivity contribution < 1.29 is 4.79 Å². The predicted octanol–water partition coefficient (Wildman–Crippen LogP) is 1.18. The number of H-pyrrole nitrogens is 1. The van der Waals surface area contributed by atoms with E-state index in [9.17, 15) is 9.59 Å². The number of aromatic amines is 1. The summed E-state index contributed by atoms with van der Waals surface area (Å²) in [5, 5.41) is 9.13. The van der Waals surface area contributed by atoms with Crippen molar-refractivity contribution in [3.05, 3.63) is 51.9 Å². The van der Waals surface area contributed by atoms with Gasteiger partial charge in [-0.3, -0.25) is 14.5 Å². The maximum absolute atomic E-state index is 12.1. The summed E-state index contributed by atoms with van der Waals surface area (Å²) in [7, 11) is 0. The molecule has 1 aliphatic heterocycles. The number of benzene rings is 1. The molecule has 2 heterocycles. The number of hydrogen-bond donors (Lipinski definition) is 2. The van der Waals surface area contributed by atoms with E-state index in [1.54, 1.807) is 6.20 Å². The molecule has 0 bridgehead atoms. The van der Waals surface area contributed by atoms with Crippen LogP contribution >= 0.6 is 11.6 Å². The molecule has 2 aromatic rings. The van der Waals surface area contributed by atoms with Gasteiger partial charge in [-0.05, 0) is 12.1 Å². The number of nitrogens with one attached hydrogen (secondary N) is 2. The van der Waals surface area contributed by atoms with Crippen LogP contribution in [0.3, 0.4) is 0 Å². The van der Waals surface area contributed by atoms with Gasteiger partial charge in [-0.1, -0.05) is 29.8 Å². The fourth-order valence-corrected chi connectivity index (χ4v) is 2.88. The molecule has 0 atom stereocenters. The summed E-state index contributed by atoms with van der Waals surface area (Å²) in [4.78, 5) is 27.7. The quantitative estimate of drug-likeness (QED) is 0.868. The second-order valence-corrected chi connectivity index (χ2v) is 5.95. The van der Waals surface area contributed by atoms with Crippen molar-refractivity contribution in [1.82, 2.24) is 15.1 Å². The van der Waals surface area contributed by atoms with Crippen LogP contribution in [-0.4, -0.2) is 53.7 Å². The molecule has 126 valence electrons. The molecule has 0 spiro atoms. The lowest BCUT2D eigenvalue weighted by molar-refractivity contribution is -0.117. The smallest absolute Gasteiger partial charge is 0.285 e. The fourth-order valence-electron chi connectivity index (χ4n) is 2.67. The number of anilines is 2. The van der Waals surface area contributed by atoms with E-state index in [0.29, 0.717) is 38.4 Å². The molecular weight excluding hydrogens is 330 g/mol. The normalized spacial score (nSPS) is 15.3. The van der Waals surface area contributed by atoms with Gasteiger partial charge in [0.05, 0.1) is 18.4 Å². The van der Waals surface area contributed by atoms with Crippen LogP contribution in [0.25, 0.3) is 0 Å². The van der Waals surface area contributed by atoms with E-state index in [1.165, 1.54) is 0 Å². The van der Waals surface area contributed by atoms with Gasteiger partial charge in [-0.25, -0.2) is 5.10 Å². The summed E-state index contributed by atoms with van der Waals surface area (Å²) < 4.78 is 0. The number of rotatable bonds is 4.